The molecule has 0 saturated carbocycles. The topological polar surface area (TPSA) is 16.1 Å². The van der Waals surface area contributed by atoms with Gasteiger partial charge in [-0.15, -0.1) is 0 Å². The molecule has 1 aliphatic heterocycles. The van der Waals surface area contributed by atoms with Gasteiger partial charge >= 0.3 is 0 Å². The molecule has 0 saturated heterocycles. The SMILES string of the molecule is C[Si](C)(C)CN1C=CC=CC1c1ccccn1. The molecule has 0 amide bonds. The molecule has 17 heavy (non-hydrogen) atoms. The number of hydrogen-bond donors (Lipinski definition) is 0. The summed E-state index contributed by atoms with van der Waals surface area (Å²) >= 11 is 0. The minimum atomic E-state index is -1.11. The third kappa shape index (κ3) is 3.30. The fraction of sp³-hybridized carbons (Fsp3) is 0.357. The van der Waals surface area contributed by atoms with Gasteiger partial charge in [-0.1, -0.05) is 37.9 Å². The van der Waals surface area contributed by atoms with Crippen LogP contribution in [0.5, 0.6) is 0 Å². The van der Waals surface area contributed by atoms with Crippen molar-refractivity contribution in [3.63, 3.8) is 0 Å². The lowest BCUT2D eigenvalue weighted by Gasteiger charge is -2.34. The van der Waals surface area contributed by atoms with Crippen molar-refractivity contribution in [2.45, 2.75) is 25.7 Å². The van der Waals surface area contributed by atoms with E-state index < -0.39 is 8.07 Å². The van der Waals surface area contributed by atoms with Gasteiger partial charge in [0.25, 0.3) is 0 Å². The van der Waals surface area contributed by atoms with Crippen LogP contribution in [-0.4, -0.2) is 24.1 Å². The van der Waals surface area contributed by atoms with Crippen LogP contribution in [0.1, 0.15) is 11.7 Å². The van der Waals surface area contributed by atoms with E-state index in [2.05, 4.69) is 66.1 Å². The van der Waals surface area contributed by atoms with E-state index >= 15 is 0 Å². The van der Waals surface area contributed by atoms with Gasteiger partial charge in [0.1, 0.15) is 0 Å². The molecule has 3 heteroatoms. The molecule has 0 radical (unpaired) electrons. The average molecular weight is 244 g/mol. The third-order valence-corrected chi connectivity index (χ3v) is 4.00. The predicted molar refractivity (Wildman–Crippen MR) is 75.3 cm³/mol. The molecule has 1 atom stereocenters. The zero-order chi connectivity index (χ0) is 12.3. The van der Waals surface area contributed by atoms with Gasteiger partial charge in [0.15, 0.2) is 0 Å². The number of allylic oxidation sites excluding steroid dienone is 2. The molecule has 0 N–H and O–H groups in total. The van der Waals surface area contributed by atoms with Gasteiger partial charge in [-0.05, 0) is 24.4 Å². The van der Waals surface area contributed by atoms with E-state index in [0.29, 0.717) is 6.04 Å². The number of aromatic nitrogens is 1. The van der Waals surface area contributed by atoms with Gasteiger partial charge in [-0.2, -0.15) is 0 Å². The van der Waals surface area contributed by atoms with Gasteiger partial charge in [0.2, 0.25) is 0 Å². The molecule has 90 valence electrons. The van der Waals surface area contributed by atoms with Crippen LogP contribution in [-0.2, 0) is 0 Å². The van der Waals surface area contributed by atoms with E-state index in [9.17, 15) is 0 Å². The minimum absolute atomic E-state index is 0.299. The summed E-state index contributed by atoms with van der Waals surface area (Å²) in [5, 5.41) is 0. The highest BCUT2D eigenvalue weighted by Gasteiger charge is 2.23. The Bertz CT molecular complexity index is 418. The molecule has 0 spiro atoms. The van der Waals surface area contributed by atoms with Crippen molar-refractivity contribution in [2.24, 2.45) is 0 Å². The van der Waals surface area contributed by atoms with Gasteiger partial charge in [0, 0.05) is 12.4 Å². The Hall–Kier alpha value is -1.35. The second-order valence-corrected chi connectivity index (χ2v) is 11.1. The second kappa shape index (κ2) is 4.88. The minimum Gasteiger partial charge on any atom is -0.368 e. The van der Waals surface area contributed by atoms with Crippen LogP contribution in [0, 0.1) is 0 Å². The fourth-order valence-corrected chi connectivity index (χ4v) is 3.45. The molecule has 2 rings (SSSR count). The molecular weight excluding hydrogens is 224 g/mol. The lowest BCUT2D eigenvalue weighted by molar-refractivity contribution is 0.359. The largest absolute Gasteiger partial charge is 0.368 e. The first-order valence-corrected chi connectivity index (χ1v) is 9.79. The van der Waals surface area contributed by atoms with Crippen LogP contribution in [0.25, 0.3) is 0 Å². The summed E-state index contributed by atoms with van der Waals surface area (Å²) in [4.78, 5) is 6.88. The highest BCUT2D eigenvalue weighted by Crippen LogP contribution is 2.25. The normalized spacial score (nSPS) is 19.7. The van der Waals surface area contributed by atoms with E-state index in [-0.39, 0.29) is 0 Å². The van der Waals surface area contributed by atoms with Gasteiger partial charge < -0.3 is 4.90 Å². The summed E-state index contributed by atoms with van der Waals surface area (Å²) in [7, 11) is -1.11. The van der Waals surface area contributed by atoms with Crippen molar-refractivity contribution in [2.75, 3.05) is 6.17 Å². The van der Waals surface area contributed by atoms with Gasteiger partial charge in [-0.25, -0.2) is 0 Å². The first kappa shape index (κ1) is 12.1. The van der Waals surface area contributed by atoms with Crippen LogP contribution in [0.2, 0.25) is 19.6 Å². The number of nitrogens with zero attached hydrogens (tertiary/aromatic N) is 2. The molecule has 2 heterocycles. The maximum absolute atomic E-state index is 4.47. The average Bonchev–Trinajstić information content (AvgIpc) is 2.29. The van der Waals surface area contributed by atoms with Crippen LogP contribution in [0.3, 0.4) is 0 Å². The summed E-state index contributed by atoms with van der Waals surface area (Å²) in [6, 6.07) is 6.43. The van der Waals surface area contributed by atoms with Crippen molar-refractivity contribution < 1.29 is 0 Å². The molecule has 1 aromatic rings. The molecule has 0 fully saturated rings. The van der Waals surface area contributed by atoms with E-state index in [4.69, 9.17) is 0 Å². The van der Waals surface area contributed by atoms with Crippen molar-refractivity contribution in [3.8, 4) is 0 Å². The van der Waals surface area contributed by atoms with E-state index in [1.165, 1.54) is 0 Å². The van der Waals surface area contributed by atoms with Crippen LogP contribution < -0.4 is 0 Å². The zero-order valence-electron chi connectivity index (χ0n) is 10.8. The summed E-state index contributed by atoms with van der Waals surface area (Å²) in [6.45, 7) is 7.19. The zero-order valence-corrected chi connectivity index (χ0v) is 11.8. The molecule has 1 aliphatic rings. The fourth-order valence-electron chi connectivity index (χ4n) is 2.05. The molecule has 1 unspecified atom stereocenters. The van der Waals surface area contributed by atoms with Crippen molar-refractivity contribution >= 4 is 8.07 Å². The van der Waals surface area contributed by atoms with Crippen molar-refractivity contribution in [1.82, 2.24) is 9.88 Å². The maximum Gasteiger partial charge on any atom is 0.0891 e. The smallest absolute Gasteiger partial charge is 0.0891 e. The summed E-state index contributed by atoms with van der Waals surface area (Å²) < 4.78 is 0. The third-order valence-electron chi connectivity index (χ3n) is 2.69. The highest BCUT2D eigenvalue weighted by molar-refractivity contribution is 6.76. The Morgan fingerprint density at radius 1 is 1.24 bits per heavy atom. The number of pyridine rings is 1. The molecule has 0 aromatic carbocycles. The quantitative estimate of drug-likeness (QED) is 0.758. The Morgan fingerprint density at radius 3 is 2.71 bits per heavy atom. The summed E-state index contributed by atoms with van der Waals surface area (Å²) in [5.74, 6) is 0. The lowest BCUT2D eigenvalue weighted by atomic mass is 10.1. The van der Waals surface area contributed by atoms with E-state index in [1.54, 1.807) is 0 Å². The Balaban J connectivity index is 2.20. The Kier molecular flexibility index (Phi) is 3.48. The van der Waals surface area contributed by atoms with Gasteiger partial charge in [0.05, 0.1) is 19.8 Å². The molecule has 0 aliphatic carbocycles. The maximum atomic E-state index is 4.47. The van der Waals surface area contributed by atoms with Crippen molar-refractivity contribution in [1.29, 1.82) is 0 Å². The second-order valence-electron chi connectivity index (χ2n) is 5.66. The monoisotopic (exact) mass is 244 g/mol. The van der Waals surface area contributed by atoms with Crippen LogP contribution >= 0.6 is 0 Å². The van der Waals surface area contributed by atoms with Crippen LogP contribution in [0.15, 0.2) is 48.8 Å². The Labute approximate surface area is 105 Å². The molecular formula is C14H20N2Si. The van der Waals surface area contributed by atoms with Gasteiger partial charge in [-0.3, -0.25) is 4.98 Å². The molecule has 1 aromatic heterocycles. The lowest BCUT2D eigenvalue weighted by Crippen LogP contribution is -2.39. The first-order valence-electron chi connectivity index (χ1n) is 6.08. The summed E-state index contributed by atoms with van der Waals surface area (Å²) in [6.07, 6.45) is 11.7. The predicted octanol–water partition coefficient (Wildman–Crippen LogP) is 3.39. The summed E-state index contributed by atoms with van der Waals surface area (Å²) in [5.41, 5.74) is 1.13. The number of rotatable bonds is 3. The standard InChI is InChI=1S/C14H20N2Si/c1-17(2,3)12-16-11-7-5-9-14(16)13-8-4-6-10-15-13/h4-11,14H,12H2,1-3H3. The van der Waals surface area contributed by atoms with E-state index in [0.717, 1.165) is 11.9 Å². The number of hydrogen-bond acceptors (Lipinski definition) is 2. The highest BCUT2D eigenvalue weighted by atomic mass is 28.3. The Morgan fingerprint density at radius 2 is 2.06 bits per heavy atom. The van der Waals surface area contributed by atoms with Crippen molar-refractivity contribution in [3.05, 3.63) is 54.5 Å². The molecule has 2 nitrogen and oxygen atoms in total. The first-order chi connectivity index (χ1) is 8.06. The molecule has 0 bridgehead atoms. The van der Waals surface area contributed by atoms with E-state index in [1.807, 2.05) is 12.3 Å². The van der Waals surface area contributed by atoms with Crippen LogP contribution in [0.4, 0.5) is 0 Å².